The van der Waals surface area contributed by atoms with E-state index in [0.29, 0.717) is 0 Å². The number of ether oxygens (including phenoxy) is 1. The van der Waals surface area contributed by atoms with Crippen LogP contribution < -0.4 is 0 Å². The van der Waals surface area contributed by atoms with Crippen molar-refractivity contribution in [3.05, 3.63) is 34.3 Å². The van der Waals surface area contributed by atoms with Crippen molar-refractivity contribution in [3.8, 4) is 0 Å². The Hall–Kier alpha value is -1.36. The lowest BCUT2D eigenvalue weighted by Crippen LogP contribution is -2.41. The first-order valence-corrected chi connectivity index (χ1v) is 8.17. The topological polar surface area (TPSA) is 46.6 Å². The van der Waals surface area contributed by atoms with E-state index >= 15 is 0 Å². The molecule has 0 N–H and O–H groups in total. The van der Waals surface area contributed by atoms with Crippen molar-refractivity contribution >= 4 is 27.8 Å². The second-order valence-electron chi connectivity index (χ2n) is 6.84. The molecule has 0 unspecified atom stereocenters. The van der Waals surface area contributed by atoms with Gasteiger partial charge in [0.05, 0.1) is 5.41 Å². The van der Waals surface area contributed by atoms with E-state index in [1.54, 1.807) is 7.05 Å². The van der Waals surface area contributed by atoms with Gasteiger partial charge in [-0.2, -0.15) is 0 Å². The number of rotatable bonds is 4. The number of esters is 1. The number of halogens is 1. The number of benzene rings is 1. The number of hydrogen-bond donors (Lipinski definition) is 0. The van der Waals surface area contributed by atoms with Crippen LogP contribution in [0.15, 0.2) is 28.7 Å². The molecule has 0 radical (unpaired) electrons. The largest absolute Gasteiger partial charge is 0.459 e. The lowest BCUT2D eigenvalue weighted by molar-refractivity contribution is -0.158. The molecule has 1 aromatic carbocycles. The Morgan fingerprint density at radius 3 is 2.23 bits per heavy atom. The number of likely N-dealkylation sites (N-methyl/N-ethyl adjacent to an activating group) is 1. The molecular formula is C17H22BrNO3. The molecule has 0 atom stereocenters. The van der Waals surface area contributed by atoms with Crippen molar-refractivity contribution in [2.24, 2.45) is 0 Å². The normalized spacial score (nSPS) is 16.0. The number of hydrogen-bond acceptors (Lipinski definition) is 3. The predicted molar refractivity (Wildman–Crippen MR) is 88.5 cm³/mol. The third-order valence-corrected chi connectivity index (χ3v) is 4.22. The summed E-state index contributed by atoms with van der Waals surface area (Å²) in [6, 6.07) is 7.82. The molecule has 1 saturated carbocycles. The summed E-state index contributed by atoms with van der Waals surface area (Å²) in [5.41, 5.74) is 0.0123. The summed E-state index contributed by atoms with van der Waals surface area (Å²) in [4.78, 5) is 26.1. The molecular weight excluding hydrogens is 346 g/mol. The van der Waals surface area contributed by atoms with Crippen LogP contribution in [0.25, 0.3) is 0 Å². The van der Waals surface area contributed by atoms with Crippen LogP contribution in [0.5, 0.6) is 0 Å². The molecule has 4 nitrogen and oxygen atoms in total. The minimum absolute atomic E-state index is 0.0133. The van der Waals surface area contributed by atoms with Crippen LogP contribution in [0.2, 0.25) is 0 Å². The smallest absolute Gasteiger partial charge is 0.326 e. The Morgan fingerprint density at radius 1 is 1.23 bits per heavy atom. The van der Waals surface area contributed by atoms with E-state index < -0.39 is 11.0 Å². The van der Waals surface area contributed by atoms with E-state index in [4.69, 9.17) is 4.74 Å². The van der Waals surface area contributed by atoms with Crippen molar-refractivity contribution in [1.82, 2.24) is 4.90 Å². The predicted octanol–water partition coefficient (Wildman–Crippen LogP) is 3.28. The molecule has 1 aliphatic carbocycles. The van der Waals surface area contributed by atoms with Crippen LogP contribution in [-0.2, 0) is 19.7 Å². The number of amides is 1. The lowest BCUT2D eigenvalue weighted by atomic mass is 9.94. The third kappa shape index (κ3) is 3.88. The molecule has 1 amide bonds. The number of carbonyl (C=O) groups is 2. The van der Waals surface area contributed by atoms with Gasteiger partial charge in [0, 0.05) is 11.5 Å². The molecule has 120 valence electrons. The summed E-state index contributed by atoms with van der Waals surface area (Å²) in [7, 11) is 1.66. The van der Waals surface area contributed by atoms with E-state index in [0.717, 1.165) is 22.9 Å². The lowest BCUT2D eigenvalue weighted by Gasteiger charge is -2.25. The van der Waals surface area contributed by atoms with Gasteiger partial charge in [-0.3, -0.25) is 9.59 Å². The number of nitrogens with zero attached hydrogens (tertiary/aromatic N) is 1. The second kappa shape index (κ2) is 6.03. The highest BCUT2D eigenvalue weighted by Gasteiger charge is 2.52. The zero-order chi connectivity index (χ0) is 16.5. The van der Waals surface area contributed by atoms with Crippen LogP contribution in [0.3, 0.4) is 0 Å². The quantitative estimate of drug-likeness (QED) is 0.767. The van der Waals surface area contributed by atoms with Crippen molar-refractivity contribution in [2.75, 3.05) is 13.6 Å². The van der Waals surface area contributed by atoms with Crippen LogP contribution >= 0.6 is 15.9 Å². The fourth-order valence-corrected chi connectivity index (χ4v) is 2.79. The van der Waals surface area contributed by atoms with Gasteiger partial charge in [0.1, 0.15) is 12.1 Å². The average molecular weight is 368 g/mol. The van der Waals surface area contributed by atoms with E-state index in [2.05, 4.69) is 15.9 Å². The van der Waals surface area contributed by atoms with E-state index in [1.165, 1.54) is 4.90 Å². The first-order valence-electron chi connectivity index (χ1n) is 7.37. The first kappa shape index (κ1) is 17.0. The maximum absolute atomic E-state index is 12.7. The average Bonchev–Trinajstić information content (AvgIpc) is 3.17. The molecule has 2 rings (SSSR count). The van der Waals surface area contributed by atoms with Gasteiger partial charge >= 0.3 is 5.97 Å². The maximum Gasteiger partial charge on any atom is 0.326 e. The Labute approximate surface area is 140 Å². The summed E-state index contributed by atoms with van der Waals surface area (Å²) < 4.78 is 6.26. The fourth-order valence-electron chi connectivity index (χ4n) is 2.52. The minimum Gasteiger partial charge on any atom is -0.459 e. The fraction of sp³-hybridized carbons (Fsp3) is 0.529. The zero-order valence-corrected chi connectivity index (χ0v) is 15.1. The Bertz CT molecular complexity index is 571. The van der Waals surface area contributed by atoms with E-state index in [-0.39, 0.29) is 18.4 Å². The van der Waals surface area contributed by atoms with Gasteiger partial charge in [0.25, 0.3) is 0 Å². The summed E-state index contributed by atoms with van der Waals surface area (Å²) in [6.45, 7) is 5.43. The molecule has 5 heteroatoms. The maximum atomic E-state index is 12.7. The second-order valence-corrected chi connectivity index (χ2v) is 7.75. The molecule has 22 heavy (non-hydrogen) atoms. The number of carbonyl (C=O) groups excluding carboxylic acids is 2. The van der Waals surface area contributed by atoms with Gasteiger partial charge in [-0.1, -0.05) is 28.1 Å². The molecule has 1 fully saturated rings. The van der Waals surface area contributed by atoms with Crippen LogP contribution in [0.4, 0.5) is 0 Å². The summed E-state index contributed by atoms with van der Waals surface area (Å²) >= 11 is 3.40. The van der Waals surface area contributed by atoms with Gasteiger partial charge in [-0.25, -0.2) is 0 Å². The highest BCUT2D eigenvalue weighted by atomic mass is 79.9. The highest BCUT2D eigenvalue weighted by molar-refractivity contribution is 9.10. The Morgan fingerprint density at radius 2 is 1.77 bits per heavy atom. The standard InChI is InChI=1S/C17H22BrNO3/c1-16(2,3)22-14(20)11-19(4)15(21)17(9-10-17)12-5-7-13(18)8-6-12/h5-8H,9-11H2,1-4H3. The van der Waals surface area contributed by atoms with Gasteiger partial charge in [0.2, 0.25) is 5.91 Å². The van der Waals surface area contributed by atoms with E-state index in [1.807, 2.05) is 45.0 Å². The molecule has 0 aliphatic heterocycles. The van der Waals surface area contributed by atoms with Crippen molar-refractivity contribution in [1.29, 1.82) is 0 Å². The van der Waals surface area contributed by atoms with Gasteiger partial charge in [0.15, 0.2) is 0 Å². The van der Waals surface area contributed by atoms with Gasteiger partial charge < -0.3 is 9.64 Å². The minimum atomic E-state index is -0.538. The first-order chi connectivity index (χ1) is 10.1. The Balaban J connectivity index is 2.04. The molecule has 0 heterocycles. The molecule has 0 saturated heterocycles. The third-order valence-electron chi connectivity index (χ3n) is 3.69. The summed E-state index contributed by atoms with van der Waals surface area (Å²) in [6.07, 6.45) is 1.65. The van der Waals surface area contributed by atoms with Gasteiger partial charge in [-0.15, -0.1) is 0 Å². The molecule has 1 aliphatic rings. The van der Waals surface area contributed by atoms with Crippen LogP contribution in [-0.4, -0.2) is 36.0 Å². The molecule has 0 bridgehead atoms. The monoisotopic (exact) mass is 367 g/mol. The summed E-state index contributed by atoms with van der Waals surface area (Å²) in [5.74, 6) is -0.393. The van der Waals surface area contributed by atoms with Crippen molar-refractivity contribution in [3.63, 3.8) is 0 Å². The highest BCUT2D eigenvalue weighted by Crippen LogP contribution is 2.49. The van der Waals surface area contributed by atoms with E-state index in [9.17, 15) is 9.59 Å². The van der Waals surface area contributed by atoms with Crippen LogP contribution in [0, 0.1) is 0 Å². The SMILES string of the molecule is CN(CC(=O)OC(C)(C)C)C(=O)C1(c2ccc(Br)cc2)CC1. The van der Waals surface area contributed by atoms with Crippen molar-refractivity contribution < 1.29 is 14.3 Å². The van der Waals surface area contributed by atoms with Gasteiger partial charge in [-0.05, 0) is 51.3 Å². The van der Waals surface area contributed by atoms with Crippen molar-refractivity contribution in [2.45, 2.75) is 44.6 Å². The molecule has 1 aromatic rings. The Kier molecular flexibility index (Phi) is 4.66. The molecule has 0 spiro atoms. The molecule has 0 aromatic heterocycles. The summed E-state index contributed by atoms with van der Waals surface area (Å²) in [5, 5.41) is 0. The van der Waals surface area contributed by atoms with Crippen LogP contribution in [0.1, 0.15) is 39.2 Å². The zero-order valence-electron chi connectivity index (χ0n) is 13.5.